The number of carboxylic acid groups (broad SMARTS) is 1. The quantitative estimate of drug-likeness (QED) is 0.379. The molecule has 0 aliphatic rings. The van der Waals surface area contributed by atoms with E-state index >= 15 is 0 Å². The number of esters is 1. The van der Waals surface area contributed by atoms with Gasteiger partial charge in [-0.25, -0.2) is 9.79 Å². The van der Waals surface area contributed by atoms with Crippen molar-refractivity contribution in [3.05, 3.63) is 94.3 Å². The second-order valence-corrected chi connectivity index (χ2v) is 8.14. The molecular formula is C27H23N3O6. The lowest BCUT2D eigenvalue weighted by molar-refractivity contribution is -0.142. The molecule has 0 aliphatic heterocycles. The summed E-state index contributed by atoms with van der Waals surface area (Å²) in [5.41, 5.74) is 3.50. The minimum Gasteiger partial charge on any atom is -0.478 e. The van der Waals surface area contributed by atoms with Crippen LogP contribution in [0, 0.1) is 13.8 Å². The molecule has 0 fully saturated rings. The Balaban J connectivity index is 1.91. The van der Waals surface area contributed by atoms with E-state index in [-0.39, 0.29) is 23.3 Å². The van der Waals surface area contributed by atoms with Crippen molar-refractivity contribution in [2.75, 3.05) is 5.32 Å². The van der Waals surface area contributed by atoms with Crippen LogP contribution in [0.5, 0.6) is 0 Å². The summed E-state index contributed by atoms with van der Waals surface area (Å²) < 4.78 is 11.2. The van der Waals surface area contributed by atoms with Crippen molar-refractivity contribution in [3.63, 3.8) is 0 Å². The summed E-state index contributed by atoms with van der Waals surface area (Å²) in [6.45, 7) is 4.93. The molecule has 182 valence electrons. The van der Waals surface area contributed by atoms with Gasteiger partial charge in [-0.15, -0.1) is 0 Å². The van der Waals surface area contributed by atoms with Gasteiger partial charge in [0.15, 0.2) is 5.58 Å². The van der Waals surface area contributed by atoms with Crippen LogP contribution in [-0.2, 0) is 16.1 Å². The van der Waals surface area contributed by atoms with Crippen LogP contribution in [-0.4, -0.2) is 27.9 Å². The van der Waals surface area contributed by atoms with Crippen molar-refractivity contribution in [2.24, 2.45) is 4.99 Å². The van der Waals surface area contributed by atoms with Crippen LogP contribution in [0.2, 0.25) is 0 Å². The van der Waals surface area contributed by atoms with Gasteiger partial charge in [0.25, 0.3) is 5.91 Å². The Kier molecular flexibility index (Phi) is 6.91. The van der Waals surface area contributed by atoms with E-state index in [0.717, 1.165) is 5.56 Å². The second kappa shape index (κ2) is 10.2. The largest absolute Gasteiger partial charge is 0.478 e. The number of hydrogen-bond acceptors (Lipinski definition) is 7. The molecule has 36 heavy (non-hydrogen) atoms. The number of carbonyl (C=O) groups is 3. The first-order chi connectivity index (χ1) is 17.2. The number of rotatable bonds is 6. The van der Waals surface area contributed by atoms with Gasteiger partial charge >= 0.3 is 11.9 Å². The van der Waals surface area contributed by atoms with Gasteiger partial charge in [-0.2, -0.15) is 0 Å². The minimum absolute atomic E-state index is 0.0239. The predicted molar refractivity (Wildman–Crippen MR) is 132 cm³/mol. The molecule has 2 N–H and O–H groups in total. The number of carbonyl (C=O) groups excluding carboxylic acids is 2. The normalized spacial score (nSPS) is 11.4. The van der Waals surface area contributed by atoms with Crippen LogP contribution in [0.3, 0.4) is 0 Å². The van der Waals surface area contributed by atoms with Crippen LogP contribution in [0.1, 0.15) is 44.5 Å². The zero-order valence-electron chi connectivity index (χ0n) is 19.9. The Morgan fingerprint density at radius 2 is 1.83 bits per heavy atom. The molecule has 9 nitrogen and oxygen atoms in total. The number of pyridine rings is 1. The van der Waals surface area contributed by atoms with Gasteiger partial charge in [-0.3, -0.25) is 14.6 Å². The van der Waals surface area contributed by atoms with Gasteiger partial charge in [-0.05, 0) is 50.2 Å². The molecule has 0 saturated carbocycles. The Hall–Kier alpha value is -4.79. The molecule has 1 amide bonds. The summed E-state index contributed by atoms with van der Waals surface area (Å²) in [5.74, 6) is -2.04. The highest BCUT2D eigenvalue weighted by atomic mass is 16.5. The number of nitrogens with zero attached hydrogens (tertiary/aromatic N) is 2. The number of benzene rings is 2. The van der Waals surface area contributed by atoms with E-state index in [2.05, 4.69) is 15.3 Å². The standard InChI is InChI=1S/C27H23N3O6/c1-15-7-9-20(10-8-15)29-25(32)23-12-22-19(14-35-17(3)31)13-28-16(2)24(22)36-26(23)30-21-6-4-5-18(11-21)27(33)34/h4-13H,14H2,1-3H3,(H,29,32)(H,33,34). The molecular weight excluding hydrogens is 462 g/mol. The highest BCUT2D eigenvalue weighted by Gasteiger charge is 2.17. The molecule has 0 aliphatic carbocycles. The van der Waals surface area contributed by atoms with E-state index < -0.39 is 17.8 Å². The zero-order chi connectivity index (χ0) is 25.8. The summed E-state index contributed by atoms with van der Waals surface area (Å²) in [7, 11) is 0. The number of hydrogen-bond donors (Lipinski definition) is 2. The summed E-state index contributed by atoms with van der Waals surface area (Å²) in [5, 5.41) is 12.7. The third kappa shape index (κ3) is 5.47. The Bertz CT molecular complexity index is 1550. The number of carboxylic acids is 1. The Morgan fingerprint density at radius 1 is 1.08 bits per heavy atom. The van der Waals surface area contributed by atoms with Gasteiger partial charge in [0.1, 0.15) is 12.2 Å². The van der Waals surface area contributed by atoms with E-state index in [4.69, 9.17) is 9.15 Å². The fourth-order valence-electron chi connectivity index (χ4n) is 3.49. The van der Waals surface area contributed by atoms with Crippen LogP contribution in [0.25, 0.3) is 11.0 Å². The molecule has 0 saturated heterocycles. The lowest BCUT2D eigenvalue weighted by atomic mass is 10.1. The minimum atomic E-state index is -1.10. The second-order valence-electron chi connectivity index (χ2n) is 8.14. The van der Waals surface area contributed by atoms with Crippen molar-refractivity contribution in [1.82, 2.24) is 4.98 Å². The Morgan fingerprint density at radius 3 is 2.53 bits per heavy atom. The molecule has 9 heteroatoms. The molecule has 4 aromatic rings. The molecule has 0 atom stereocenters. The fourth-order valence-corrected chi connectivity index (χ4v) is 3.49. The van der Waals surface area contributed by atoms with Crippen molar-refractivity contribution >= 4 is 40.2 Å². The van der Waals surface area contributed by atoms with E-state index in [1.165, 1.54) is 19.1 Å². The number of amides is 1. The topological polar surface area (TPSA) is 131 Å². The molecule has 4 rings (SSSR count). The summed E-state index contributed by atoms with van der Waals surface area (Å²) in [6.07, 6.45) is 1.56. The maximum absolute atomic E-state index is 13.4. The van der Waals surface area contributed by atoms with E-state index in [9.17, 15) is 19.5 Å². The van der Waals surface area contributed by atoms with Crippen molar-refractivity contribution < 1.29 is 28.6 Å². The highest BCUT2D eigenvalue weighted by molar-refractivity contribution is 6.05. The molecule has 2 aromatic carbocycles. The van der Waals surface area contributed by atoms with Crippen molar-refractivity contribution in [2.45, 2.75) is 27.4 Å². The molecule has 2 aromatic heterocycles. The highest BCUT2D eigenvalue weighted by Crippen LogP contribution is 2.23. The van der Waals surface area contributed by atoms with E-state index in [1.807, 2.05) is 19.1 Å². The lowest BCUT2D eigenvalue weighted by Gasteiger charge is -2.11. The number of aryl methyl sites for hydroxylation is 2. The third-order valence-corrected chi connectivity index (χ3v) is 5.36. The lowest BCUT2D eigenvalue weighted by Crippen LogP contribution is -2.22. The van der Waals surface area contributed by atoms with Gasteiger partial charge in [-0.1, -0.05) is 23.8 Å². The molecule has 0 bridgehead atoms. The van der Waals surface area contributed by atoms with Crippen LogP contribution in [0.4, 0.5) is 11.4 Å². The summed E-state index contributed by atoms with van der Waals surface area (Å²) >= 11 is 0. The summed E-state index contributed by atoms with van der Waals surface area (Å²) in [6, 6.07) is 14.9. The SMILES string of the molecule is CC(=O)OCc1cnc(C)c2oc(=Nc3cccc(C(=O)O)c3)c(C(=O)Nc3ccc(C)cc3)cc12. The first-order valence-corrected chi connectivity index (χ1v) is 11.0. The van der Waals surface area contributed by atoms with Gasteiger partial charge in [0.2, 0.25) is 5.55 Å². The number of nitrogens with one attached hydrogen (secondary N) is 1. The third-order valence-electron chi connectivity index (χ3n) is 5.36. The first kappa shape index (κ1) is 24.3. The van der Waals surface area contributed by atoms with Gasteiger partial charge in [0, 0.05) is 29.8 Å². The van der Waals surface area contributed by atoms with Gasteiger partial charge in [0.05, 0.1) is 16.9 Å². The maximum Gasteiger partial charge on any atom is 0.335 e. The predicted octanol–water partition coefficient (Wildman–Crippen LogP) is 4.69. The average Bonchev–Trinajstić information content (AvgIpc) is 2.85. The number of ether oxygens (including phenoxy) is 1. The monoisotopic (exact) mass is 485 g/mol. The fraction of sp³-hybridized carbons (Fsp3) is 0.148. The number of fused-ring (bicyclic) bond motifs is 1. The number of aromatic nitrogens is 1. The molecule has 0 radical (unpaired) electrons. The van der Waals surface area contributed by atoms with Crippen molar-refractivity contribution in [1.29, 1.82) is 0 Å². The number of anilines is 1. The molecule has 2 heterocycles. The van der Waals surface area contributed by atoms with Crippen LogP contribution >= 0.6 is 0 Å². The average molecular weight is 485 g/mol. The maximum atomic E-state index is 13.4. The zero-order valence-corrected chi connectivity index (χ0v) is 19.9. The molecule has 0 unspecified atom stereocenters. The van der Waals surface area contributed by atoms with Crippen LogP contribution < -0.4 is 10.9 Å². The van der Waals surface area contributed by atoms with E-state index in [0.29, 0.717) is 33.6 Å². The van der Waals surface area contributed by atoms with Crippen LogP contribution in [0.15, 0.2) is 70.2 Å². The first-order valence-electron chi connectivity index (χ1n) is 11.0. The van der Waals surface area contributed by atoms with Crippen molar-refractivity contribution in [3.8, 4) is 0 Å². The molecule has 0 spiro atoms. The summed E-state index contributed by atoms with van der Waals surface area (Å²) in [4.78, 5) is 44.9. The van der Waals surface area contributed by atoms with E-state index in [1.54, 1.807) is 43.5 Å². The van der Waals surface area contributed by atoms with Gasteiger partial charge < -0.3 is 19.6 Å². The smallest absolute Gasteiger partial charge is 0.335 e. The number of aromatic carboxylic acids is 1. The Labute approximate surface area is 206 Å².